The molecule has 0 aliphatic heterocycles. The van der Waals surface area contributed by atoms with Gasteiger partial charge in [-0.25, -0.2) is 4.39 Å². The number of nitrogens with one attached hydrogen (secondary N) is 2. The van der Waals surface area contributed by atoms with E-state index in [0.717, 1.165) is 6.54 Å². The first-order valence-corrected chi connectivity index (χ1v) is 7.37. The molecule has 25 heavy (non-hydrogen) atoms. The van der Waals surface area contributed by atoms with Crippen LogP contribution in [0.5, 0.6) is 5.75 Å². The van der Waals surface area contributed by atoms with Crippen molar-refractivity contribution in [2.75, 3.05) is 13.6 Å². The first kappa shape index (κ1) is 21.1. The lowest BCUT2D eigenvalue weighted by Crippen LogP contribution is -2.38. The van der Waals surface area contributed by atoms with Crippen LogP contribution in [0.25, 0.3) is 0 Å². The molecule has 1 heterocycles. The Morgan fingerprint density at radius 2 is 1.92 bits per heavy atom. The number of halogens is 4. The molecule has 5 nitrogen and oxygen atoms in total. The summed E-state index contributed by atoms with van der Waals surface area (Å²) in [4.78, 5) is 4.02. The lowest BCUT2D eigenvalue weighted by molar-refractivity contribution is -0.0506. The first-order chi connectivity index (χ1) is 11.6. The highest BCUT2D eigenvalue weighted by Crippen LogP contribution is 2.23. The zero-order chi connectivity index (χ0) is 17.4. The molecular formula is C16H20F3IN4O. The second-order valence-corrected chi connectivity index (χ2v) is 4.87. The SMILES string of the molecule is CN=C(NCCn1cccc1)NCc1c(F)cccc1OC(F)F.I. The van der Waals surface area contributed by atoms with Gasteiger partial charge >= 0.3 is 6.61 Å². The van der Waals surface area contributed by atoms with Crippen LogP contribution in [0, 0.1) is 5.82 Å². The van der Waals surface area contributed by atoms with Gasteiger partial charge in [-0.3, -0.25) is 4.99 Å². The maximum atomic E-state index is 13.9. The van der Waals surface area contributed by atoms with Gasteiger partial charge in [0.15, 0.2) is 5.96 Å². The number of nitrogens with zero attached hydrogens (tertiary/aromatic N) is 2. The Hall–Kier alpha value is -1.91. The van der Waals surface area contributed by atoms with Gasteiger partial charge in [-0.2, -0.15) is 8.78 Å². The Bertz CT molecular complexity index is 665. The minimum atomic E-state index is -3.01. The molecular weight excluding hydrogens is 448 g/mol. The van der Waals surface area contributed by atoms with E-state index >= 15 is 0 Å². The second kappa shape index (κ2) is 10.9. The normalized spacial score (nSPS) is 11.2. The van der Waals surface area contributed by atoms with Crippen LogP contribution in [0.1, 0.15) is 5.56 Å². The Morgan fingerprint density at radius 3 is 2.56 bits per heavy atom. The third-order valence-electron chi connectivity index (χ3n) is 3.28. The van der Waals surface area contributed by atoms with Crippen molar-refractivity contribution in [3.8, 4) is 5.75 Å². The van der Waals surface area contributed by atoms with E-state index in [-0.39, 0.29) is 41.8 Å². The van der Waals surface area contributed by atoms with Crippen LogP contribution >= 0.6 is 24.0 Å². The summed E-state index contributed by atoms with van der Waals surface area (Å²) in [6.07, 6.45) is 3.87. The lowest BCUT2D eigenvalue weighted by atomic mass is 10.2. The predicted octanol–water partition coefficient (Wildman–Crippen LogP) is 3.21. The van der Waals surface area contributed by atoms with Crippen molar-refractivity contribution >= 4 is 29.9 Å². The van der Waals surface area contributed by atoms with Gasteiger partial charge < -0.3 is 19.9 Å². The molecule has 0 saturated heterocycles. The molecule has 2 N–H and O–H groups in total. The monoisotopic (exact) mass is 468 g/mol. The molecule has 0 radical (unpaired) electrons. The van der Waals surface area contributed by atoms with E-state index in [1.807, 2.05) is 29.1 Å². The number of benzene rings is 1. The number of aliphatic imine (C=N–C) groups is 1. The van der Waals surface area contributed by atoms with E-state index in [1.54, 1.807) is 7.05 Å². The molecule has 0 fully saturated rings. The third-order valence-corrected chi connectivity index (χ3v) is 3.28. The van der Waals surface area contributed by atoms with Crippen LogP contribution in [0.2, 0.25) is 0 Å². The predicted molar refractivity (Wildman–Crippen MR) is 101 cm³/mol. The number of alkyl halides is 2. The van der Waals surface area contributed by atoms with Gasteiger partial charge in [0, 0.05) is 44.6 Å². The van der Waals surface area contributed by atoms with Gasteiger partial charge in [-0.15, -0.1) is 24.0 Å². The number of hydrogen-bond donors (Lipinski definition) is 2. The number of rotatable bonds is 7. The smallest absolute Gasteiger partial charge is 0.387 e. The van der Waals surface area contributed by atoms with E-state index in [4.69, 9.17) is 0 Å². The molecule has 9 heteroatoms. The average Bonchev–Trinajstić information content (AvgIpc) is 3.05. The van der Waals surface area contributed by atoms with Crippen LogP contribution in [0.15, 0.2) is 47.7 Å². The maximum absolute atomic E-state index is 13.9. The zero-order valence-corrected chi connectivity index (χ0v) is 15.9. The standard InChI is InChI=1S/C16H19F3N4O.HI/c1-20-16(21-7-10-23-8-2-3-9-23)22-11-12-13(17)5-4-6-14(12)24-15(18)19;/h2-6,8-9,15H,7,10-11H2,1H3,(H2,20,21,22);1H. The van der Waals surface area contributed by atoms with Crippen molar-refractivity contribution in [2.24, 2.45) is 4.99 Å². The quantitative estimate of drug-likeness (QED) is 0.373. The molecule has 2 rings (SSSR count). The molecule has 1 aromatic heterocycles. The Morgan fingerprint density at radius 1 is 1.20 bits per heavy atom. The van der Waals surface area contributed by atoms with E-state index < -0.39 is 12.4 Å². The van der Waals surface area contributed by atoms with Crippen molar-refractivity contribution in [1.82, 2.24) is 15.2 Å². The van der Waals surface area contributed by atoms with Crippen molar-refractivity contribution in [3.63, 3.8) is 0 Å². The lowest BCUT2D eigenvalue weighted by Gasteiger charge is -2.15. The highest BCUT2D eigenvalue weighted by Gasteiger charge is 2.14. The second-order valence-electron chi connectivity index (χ2n) is 4.87. The molecule has 2 aromatic rings. The molecule has 0 aliphatic rings. The number of aromatic nitrogens is 1. The Kier molecular flexibility index (Phi) is 9.17. The fourth-order valence-corrected chi connectivity index (χ4v) is 2.13. The molecule has 0 saturated carbocycles. The summed E-state index contributed by atoms with van der Waals surface area (Å²) in [5.41, 5.74) is 0.0196. The summed E-state index contributed by atoms with van der Waals surface area (Å²) < 4.78 is 45.0. The summed E-state index contributed by atoms with van der Waals surface area (Å²) in [5, 5.41) is 5.95. The van der Waals surface area contributed by atoms with E-state index in [2.05, 4.69) is 20.4 Å². The van der Waals surface area contributed by atoms with Gasteiger partial charge in [-0.05, 0) is 24.3 Å². The Labute approximate surface area is 161 Å². The largest absolute Gasteiger partial charge is 0.434 e. The fraction of sp³-hybridized carbons (Fsp3) is 0.312. The maximum Gasteiger partial charge on any atom is 0.387 e. The van der Waals surface area contributed by atoms with Crippen molar-refractivity contribution in [2.45, 2.75) is 19.7 Å². The molecule has 138 valence electrons. The van der Waals surface area contributed by atoms with Crippen LogP contribution < -0.4 is 15.4 Å². The van der Waals surface area contributed by atoms with Crippen molar-refractivity contribution in [1.29, 1.82) is 0 Å². The van der Waals surface area contributed by atoms with E-state index in [1.165, 1.54) is 18.2 Å². The number of hydrogen-bond acceptors (Lipinski definition) is 2. The van der Waals surface area contributed by atoms with Gasteiger partial charge in [0.2, 0.25) is 0 Å². The first-order valence-electron chi connectivity index (χ1n) is 7.37. The fourth-order valence-electron chi connectivity index (χ4n) is 2.13. The molecule has 0 spiro atoms. The molecule has 0 unspecified atom stereocenters. The number of ether oxygens (including phenoxy) is 1. The summed E-state index contributed by atoms with van der Waals surface area (Å²) in [6, 6.07) is 7.67. The topological polar surface area (TPSA) is 50.6 Å². The molecule has 0 bridgehead atoms. The van der Waals surface area contributed by atoms with Crippen molar-refractivity contribution < 1.29 is 17.9 Å². The number of guanidine groups is 1. The van der Waals surface area contributed by atoms with Crippen molar-refractivity contribution in [3.05, 3.63) is 54.1 Å². The van der Waals surface area contributed by atoms with Crippen LogP contribution in [-0.2, 0) is 13.1 Å². The van der Waals surface area contributed by atoms with E-state index in [9.17, 15) is 13.2 Å². The average molecular weight is 468 g/mol. The minimum Gasteiger partial charge on any atom is -0.434 e. The summed E-state index contributed by atoms with van der Waals surface area (Å²) in [6.45, 7) is -1.71. The van der Waals surface area contributed by atoms with Gasteiger partial charge in [0.25, 0.3) is 0 Å². The van der Waals surface area contributed by atoms with Gasteiger partial charge in [0.05, 0.1) is 0 Å². The van der Waals surface area contributed by atoms with E-state index in [0.29, 0.717) is 12.5 Å². The summed E-state index contributed by atoms with van der Waals surface area (Å²) >= 11 is 0. The molecule has 0 amide bonds. The molecule has 0 aliphatic carbocycles. The van der Waals surface area contributed by atoms with Gasteiger partial charge in [-0.1, -0.05) is 6.07 Å². The highest BCUT2D eigenvalue weighted by molar-refractivity contribution is 14.0. The van der Waals surface area contributed by atoms with Gasteiger partial charge in [0.1, 0.15) is 11.6 Å². The third kappa shape index (κ3) is 6.85. The summed E-state index contributed by atoms with van der Waals surface area (Å²) in [5.74, 6) is -0.378. The molecule has 0 atom stereocenters. The minimum absolute atomic E-state index is 0. The molecule has 1 aromatic carbocycles. The van der Waals surface area contributed by atoms with Crippen LogP contribution in [0.3, 0.4) is 0 Å². The van der Waals surface area contributed by atoms with Crippen LogP contribution in [-0.4, -0.2) is 30.7 Å². The highest BCUT2D eigenvalue weighted by atomic mass is 127. The zero-order valence-electron chi connectivity index (χ0n) is 13.6. The summed E-state index contributed by atoms with van der Waals surface area (Å²) in [7, 11) is 1.57. The Balaban J connectivity index is 0.00000312. The van der Waals surface area contributed by atoms with Crippen LogP contribution in [0.4, 0.5) is 13.2 Å².